The number of pyridine rings is 1. The summed E-state index contributed by atoms with van der Waals surface area (Å²) in [4.78, 5) is 21.2. The molecule has 0 unspecified atom stereocenters. The molecule has 176 valence electrons. The molecule has 0 spiro atoms. The fourth-order valence-corrected chi connectivity index (χ4v) is 4.94. The standard InChI is InChI=1S/C31H23ClN2O2/c32-22-16-18-27-25(19-22)24(31(34-27)28-17-15-21-8-2-4-12-26(21)33-28)11-6-14-30(35)36-29-13-5-9-20-7-1-3-10-23(20)29/h1-5,7-10,12-13,15-19,34H,6,11,14H2. The summed E-state index contributed by atoms with van der Waals surface area (Å²) in [6, 6.07) is 31.7. The molecule has 0 atom stereocenters. The molecule has 1 N–H and O–H groups in total. The SMILES string of the molecule is O=C(CCCc1c(-c2ccc3ccccc3n2)[nH]c2ccc(Cl)cc12)Oc1cccc2ccccc12. The molecule has 0 bridgehead atoms. The highest BCUT2D eigenvalue weighted by molar-refractivity contribution is 6.31. The highest BCUT2D eigenvalue weighted by Gasteiger charge is 2.16. The number of halogens is 1. The van der Waals surface area contributed by atoms with Crippen LogP contribution < -0.4 is 4.74 Å². The van der Waals surface area contributed by atoms with E-state index in [9.17, 15) is 4.79 Å². The molecule has 4 nitrogen and oxygen atoms in total. The lowest BCUT2D eigenvalue weighted by Crippen LogP contribution is -2.08. The predicted molar refractivity (Wildman–Crippen MR) is 147 cm³/mol. The van der Waals surface area contributed by atoms with E-state index in [2.05, 4.69) is 17.1 Å². The fraction of sp³-hybridized carbons (Fsp3) is 0.0968. The lowest BCUT2D eigenvalue weighted by molar-refractivity contribution is -0.134. The minimum atomic E-state index is -0.241. The maximum Gasteiger partial charge on any atom is 0.311 e. The first-order chi connectivity index (χ1) is 17.7. The largest absolute Gasteiger partial charge is 0.426 e. The van der Waals surface area contributed by atoms with Crippen molar-refractivity contribution >= 4 is 50.1 Å². The van der Waals surface area contributed by atoms with E-state index in [0.717, 1.165) is 49.5 Å². The summed E-state index contributed by atoms with van der Waals surface area (Å²) in [5.74, 6) is 0.354. The average Bonchev–Trinajstić information content (AvgIpc) is 3.26. The average molecular weight is 491 g/mol. The zero-order chi connectivity index (χ0) is 24.5. The molecule has 0 aliphatic carbocycles. The number of carbonyl (C=O) groups is 1. The number of fused-ring (bicyclic) bond motifs is 3. The maximum absolute atomic E-state index is 12.7. The van der Waals surface area contributed by atoms with E-state index in [-0.39, 0.29) is 5.97 Å². The van der Waals surface area contributed by atoms with Crippen molar-refractivity contribution in [3.8, 4) is 17.1 Å². The lowest BCUT2D eigenvalue weighted by Gasteiger charge is -2.09. The van der Waals surface area contributed by atoms with Crippen LogP contribution in [0.2, 0.25) is 5.02 Å². The number of hydrogen-bond acceptors (Lipinski definition) is 3. The topological polar surface area (TPSA) is 55.0 Å². The third kappa shape index (κ3) is 4.32. The summed E-state index contributed by atoms with van der Waals surface area (Å²) in [7, 11) is 0. The van der Waals surface area contributed by atoms with Crippen LogP contribution in [0.3, 0.4) is 0 Å². The van der Waals surface area contributed by atoms with Crippen molar-refractivity contribution in [2.45, 2.75) is 19.3 Å². The molecule has 4 aromatic carbocycles. The number of nitrogens with zero attached hydrogens (tertiary/aromatic N) is 1. The lowest BCUT2D eigenvalue weighted by atomic mass is 10.0. The molecular weight excluding hydrogens is 468 g/mol. The number of aromatic amines is 1. The number of H-pyrrole nitrogens is 1. The number of carbonyl (C=O) groups excluding carboxylic acids is 1. The van der Waals surface area contributed by atoms with Crippen LogP contribution in [0, 0.1) is 0 Å². The normalized spacial score (nSPS) is 11.4. The number of ether oxygens (including phenoxy) is 1. The van der Waals surface area contributed by atoms with E-state index >= 15 is 0 Å². The number of para-hydroxylation sites is 1. The maximum atomic E-state index is 12.7. The van der Waals surface area contributed by atoms with Crippen molar-refractivity contribution in [2.24, 2.45) is 0 Å². The molecule has 36 heavy (non-hydrogen) atoms. The van der Waals surface area contributed by atoms with E-state index < -0.39 is 0 Å². The first kappa shape index (κ1) is 22.3. The Morgan fingerprint density at radius 3 is 2.56 bits per heavy atom. The first-order valence-corrected chi connectivity index (χ1v) is 12.4. The van der Waals surface area contributed by atoms with Gasteiger partial charge in [0.2, 0.25) is 0 Å². The van der Waals surface area contributed by atoms with Gasteiger partial charge in [0.1, 0.15) is 5.75 Å². The second kappa shape index (κ2) is 9.48. The van der Waals surface area contributed by atoms with Crippen LogP contribution in [0.4, 0.5) is 0 Å². The highest BCUT2D eigenvalue weighted by atomic mass is 35.5. The molecule has 2 aromatic heterocycles. The number of aromatic nitrogens is 2. The van der Waals surface area contributed by atoms with Gasteiger partial charge in [-0.25, -0.2) is 4.98 Å². The van der Waals surface area contributed by atoms with Gasteiger partial charge in [-0.2, -0.15) is 0 Å². The Labute approximate surface area is 213 Å². The van der Waals surface area contributed by atoms with Gasteiger partial charge in [-0.15, -0.1) is 0 Å². The molecule has 0 saturated heterocycles. The van der Waals surface area contributed by atoms with E-state index in [1.54, 1.807) is 0 Å². The van der Waals surface area contributed by atoms with E-state index in [0.29, 0.717) is 30.0 Å². The molecule has 0 amide bonds. The fourth-order valence-electron chi connectivity index (χ4n) is 4.77. The molecule has 6 rings (SSSR count). The van der Waals surface area contributed by atoms with Crippen LogP contribution in [0.5, 0.6) is 5.75 Å². The third-order valence-electron chi connectivity index (χ3n) is 6.50. The predicted octanol–water partition coefficient (Wildman–Crippen LogP) is 8.12. The van der Waals surface area contributed by atoms with Gasteiger partial charge in [-0.05, 0) is 60.2 Å². The molecule has 2 heterocycles. The van der Waals surface area contributed by atoms with E-state index in [4.69, 9.17) is 21.3 Å². The van der Waals surface area contributed by atoms with Crippen molar-refractivity contribution in [1.82, 2.24) is 9.97 Å². The second-order valence-electron chi connectivity index (χ2n) is 8.86. The van der Waals surface area contributed by atoms with Gasteiger partial charge in [-0.3, -0.25) is 4.79 Å². The van der Waals surface area contributed by atoms with Gasteiger partial charge < -0.3 is 9.72 Å². The van der Waals surface area contributed by atoms with E-state index in [1.165, 1.54) is 0 Å². The minimum Gasteiger partial charge on any atom is -0.426 e. The number of benzene rings is 4. The Balaban J connectivity index is 1.26. The molecule has 0 fully saturated rings. The number of rotatable bonds is 6. The Bertz CT molecular complexity index is 1730. The molecule has 6 aromatic rings. The van der Waals surface area contributed by atoms with Gasteiger partial charge in [0.05, 0.1) is 16.9 Å². The number of hydrogen-bond donors (Lipinski definition) is 1. The van der Waals surface area contributed by atoms with Crippen molar-refractivity contribution < 1.29 is 9.53 Å². The molecule has 0 aliphatic rings. The summed E-state index contributed by atoms with van der Waals surface area (Å²) in [6.07, 6.45) is 1.64. The van der Waals surface area contributed by atoms with Crippen LogP contribution >= 0.6 is 11.6 Å². The highest BCUT2D eigenvalue weighted by Crippen LogP contribution is 2.33. The van der Waals surface area contributed by atoms with E-state index in [1.807, 2.05) is 84.9 Å². The van der Waals surface area contributed by atoms with Gasteiger partial charge >= 0.3 is 5.97 Å². The summed E-state index contributed by atoms with van der Waals surface area (Å²) in [5.41, 5.74) is 4.87. The van der Waals surface area contributed by atoms with Gasteiger partial charge in [-0.1, -0.05) is 72.3 Å². The van der Waals surface area contributed by atoms with Gasteiger partial charge in [0, 0.05) is 33.1 Å². The van der Waals surface area contributed by atoms with Gasteiger partial charge in [0.25, 0.3) is 0 Å². The second-order valence-corrected chi connectivity index (χ2v) is 9.30. The van der Waals surface area contributed by atoms with Crippen LogP contribution in [0.15, 0.2) is 97.1 Å². The zero-order valence-corrected chi connectivity index (χ0v) is 20.3. The van der Waals surface area contributed by atoms with Crippen LogP contribution in [0.1, 0.15) is 18.4 Å². The monoisotopic (exact) mass is 490 g/mol. The Kier molecular flexibility index (Phi) is 5.88. The smallest absolute Gasteiger partial charge is 0.311 e. The molecule has 0 aliphatic heterocycles. The number of nitrogens with one attached hydrogen (secondary N) is 1. The number of aryl methyl sites for hydroxylation is 1. The zero-order valence-electron chi connectivity index (χ0n) is 19.5. The molecule has 5 heteroatoms. The molecule has 0 radical (unpaired) electrons. The Morgan fingerprint density at radius 2 is 1.64 bits per heavy atom. The summed E-state index contributed by atoms with van der Waals surface area (Å²) in [6.45, 7) is 0. The molecule has 0 saturated carbocycles. The Morgan fingerprint density at radius 1 is 0.833 bits per heavy atom. The van der Waals surface area contributed by atoms with Crippen LogP contribution in [0.25, 0.3) is 44.0 Å². The van der Waals surface area contributed by atoms with Crippen molar-refractivity contribution in [3.63, 3.8) is 0 Å². The summed E-state index contributed by atoms with van der Waals surface area (Å²) < 4.78 is 5.74. The number of esters is 1. The van der Waals surface area contributed by atoms with Crippen molar-refractivity contribution in [1.29, 1.82) is 0 Å². The quantitative estimate of drug-likeness (QED) is 0.189. The van der Waals surface area contributed by atoms with Gasteiger partial charge in [0.15, 0.2) is 0 Å². The third-order valence-corrected chi connectivity index (χ3v) is 6.74. The van der Waals surface area contributed by atoms with Crippen molar-refractivity contribution in [3.05, 3.63) is 108 Å². The first-order valence-electron chi connectivity index (χ1n) is 12.0. The van der Waals surface area contributed by atoms with Crippen LogP contribution in [-0.4, -0.2) is 15.9 Å². The molecular formula is C31H23ClN2O2. The summed E-state index contributed by atoms with van der Waals surface area (Å²) in [5, 5.41) is 4.81. The Hall–Kier alpha value is -4.15. The van der Waals surface area contributed by atoms with Crippen LogP contribution in [-0.2, 0) is 11.2 Å². The van der Waals surface area contributed by atoms with Crippen molar-refractivity contribution in [2.75, 3.05) is 0 Å². The minimum absolute atomic E-state index is 0.241. The summed E-state index contributed by atoms with van der Waals surface area (Å²) >= 11 is 6.34.